The summed E-state index contributed by atoms with van der Waals surface area (Å²) < 4.78 is 0. The first-order valence-corrected chi connectivity index (χ1v) is 6.77. The van der Waals surface area contributed by atoms with E-state index < -0.39 is 0 Å². The first-order valence-electron chi connectivity index (χ1n) is 6.77. The van der Waals surface area contributed by atoms with Crippen LogP contribution in [0, 0.1) is 11.8 Å². The van der Waals surface area contributed by atoms with Crippen molar-refractivity contribution in [3.63, 3.8) is 0 Å². The predicted octanol–water partition coefficient (Wildman–Crippen LogP) is 1.77. The van der Waals surface area contributed by atoms with Crippen LogP contribution >= 0.6 is 0 Å². The van der Waals surface area contributed by atoms with Gasteiger partial charge in [0.25, 0.3) is 0 Å². The average Bonchev–Trinajstić information content (AvgIpc) is 2.83. The van der Waals surface area contributed by atoms with E-state index in [1.807, 2.05) is 26.1 Å². The lowest BCUT2D eigenvalue weighted by Crippen LogP contribution is -2.37. The number of amides is 1. The van der Waals surface area contributed by atoms with Gasteiger partial charge in [0, 0.05) is 19.2 Å². The van der Waals surface area contributed by atoms with E-state index in [1.54, 1.807) is 17.0 Å². The Labute approximate surface area is 114 Å². The number of carbonyl (C=O) groups excluding carboxylic acids is 1. The van der Waals surface area contributed by atoms with Crippen molar-refractivity contribution in [2.45, 2.75) is 19.9 Å². The number of hydrogen-bond acceptors (Lipinski definition) is 3. The average molecular weight is 262 g/mol. The maximum absolute atomic E-state index is 12.5. The number of carbonyl (C=O) groups is 1. The number of nitrogens with zero attached hydrogens (tertiary/aromatic N) is 1. The number of para-hydroxylation sites is 1. The van der Waals surface area contributed by atoms with Gasteiger partial charge in [-0.25, -0.2) is 0 Å². The summed E-state index contributed by atoms with van der Waals surface area (Å²) in [4.78, 5) is 14.2. The van der Waals surface area contributed by atoms with Gasteiger partial charge in [0.15, 0.2) is 0 Å². The molecule has 3 atom stereocenters. The molecule has 2 rings (SSSR count). The van der Waals surface area contributed by atoms with Gasteiger partial charge in [0.1, 0.15) is 5.75 Å². The normalized spacial score (nSPS) is 24.2. The third-order valence-electron chi connectivity index (χ3n) is 4.15. The number of hydrogen-bond donors (Lipinski definition) is 2. The lowest BCUT2D eigenvalue weighted by Gasteiger charge is -2.29. The van der Waals surface area contributed by atoms with E-state index in [2.05, 4.69) is 12.2 Å². The van der Waals surface area contributed by atoms with Crippen molar-refractivity contribution in [3.05, 3.63) is 29.8 Å². The van der Waals surface area contributed by atoms with Gasteiger partial charge < -0.3 is 15.3 Å². The summed E-state index contributed by atoms with van der Waals surface area (Å²) in [5, 5.41) is 13.1. The number of aromatic hydroxyl groups is 1. The third kappa shape index (κ3) is 2.73. The van der Waals surface area contributed by atoms with Crippen molar-refractivity contribution in [1.29, 1.82) is 0 Å². The molecule has 1 heterocycles. The van der Waals surface area contributed by atoms with Crippen molar-refractivity contribution in [3.8, 4) is 5.75 Å². The zero-order chi connectivity index (χ0) is 14.0. The van der Waals surface area contributed by atoms with Crippen LogP contribution in [0.15, 0.2) is 24.3 Å². The number of nitrogens with one attached hydrogen (secondary N) is 1. The number of benzene rings is 1. The molecule has 0 aromatic heterocycles. The van der Waals surface area contributed by atoms with Gasteiger partial charge in [-0.3, -0.25) is 4.79 Å². The summed E-state index contributed by atoms with van der Waals surface area (Å²) in [5.41, 5.74) is 0.789. The van der Waals surface area contributed by atoms with Gasteiger partial charge >= 0.3 is 0 Å². The van der Waals surface area contributed by atoms with Crippen LogP contribution in [0.25, 0.3) is 0 Å². The van der Waals surface area contributed by atoms with Gasteiger partial charge in [-0.2, -0.15) is 0 Å². The molecule has 1 fully saturated rings. The first kappa shape index (κ1) is 13.9. The fourth-order valence-electron chi connectivity index (χ4n) is 2.64. The van der Waals surface area contributed by atoms with Gasteiger partial charge in [0.05, 0.1) is 12.0 Å². The Hall–Kier alpha value is -1.55. The largest absolute Gasteiger partial charge is 0.508 e. The molecule has 0 aliphatic carbocycles. The molecule has 0 spiro atoms. The maximum Gasteiger partial charge on any atom is 0.227 e. The summed E-state index contributed by atoms with van der Waals surface area (Å²) >= 11 is 0. The van der Waals surface area contributed by atoms with E-state index in [0.717, 1.165) is 18.7 Å². The SMILES string of the molecule is CC(c1ccccc1O)N(C)C(=O)[C@@H]1CNC[C@H]1C. The molecule has 1 aliphatic rings. The molecule has 2 N–H and O–H groups in total. The first-order chi connectivity index (χ1) is 9.02. The molecule has 1 aliphatic heterocycles. The number of phenols is 1. The summed E-state index contributed by atoms with van der Waals surface area (Å²) in [6.45, 7) is 5.69. The summed E-state index contributed by atoms with van der Waals surface area (Å²) in [6.07, 6.45) is 0. The van der Waals surface area contributed by atoms with Crippen LogP contribution in [0.2, 0.25) is 0 Å². The maximum atomic E-state index is 12.5. The molecule has 0 radical (unpaired) electrons. The van der Waals surface area contributed by atoms with Gasteiger partial charge in [0.2, 0.25) is 5.91 Å². The monoisotopic (exact) mass is 262 g/mol. The molecule has 19 heavy (non-hydrogen) atoms. The van der Waals surface area contributed by atoms with Crippen LogP contribution in [-0.2, 0) is 4.79 Å². The highest BCUT2D eigenvalue weighted by atomic mass is 16.3. The lowest BCUT2D eigenvalue weighted by atomic mass is 9.95. The molecule has 1 unspecified atom stereocenters. The quantitative estimate of drug-likeness (QED) is 0.873. The van der Waals surface area contributed by atoms with Crippen LogP contribution in [0.4, 0.5) is 0 Å². The van der Waals surface area contributed by atoms with Crippen LogP contribution in [0.5, 0.6) is 5.75 Å². The van der Waals surface area contributed by atoms with Crippen molar-refractivity contribution in [2.75, 3.05) is 20.1 Å². The Bertz CT molecular complexity index is 461. The van der Waals surface area contributed by atoms with Crippen molar-refractivity contribution < 1.29 is 9.90 Å². The lowest BCUT2D eigenvalue weighted by molar-refractivity contribution is -0.136. The van der Waals surface area contributed by atoms with Crippen molar-refractivity contribution in [1.82, 2.24) is 10.2 Å². The highest BCUT2D eigenvalue weighted by Crippen LogP contribution is 2.29. The van der Waals surface area contributed by atoms with Gasteiger partial charge in [-0.15, -0.1) is 0 Å². The standard InChI is InChI=1S/C15H22N2O2/c1-10-8-16-9-13(10)15(19)17(3)11(2)12-6-4-5-7-14(12)18/h4-7,10-11,13,16,18H,8-9H2,1-3H3/t10-,11?,13-/m1/s1. The minimum absolute atomic E-state index is 0.0401. The van der Waals surface area contributed by atoms with Crippen LogP contribution in [0.3, 0.4) is 0 Å². The third-order valence-corrected chi connectivity index (χ3v) is 4.15. The fraction of sp³-hybridized carbons (Fsp3) is 0.533. The van der Waals surface area contributed by atoms with E-state index in [0.29, 0.717) is 5.92 Å². The molecular formula is C15H22N2O2. The summed E-state index contributed by atoms with van der Waals surface area (Å²) in [7, 11) is 1.81. The van der Waals surface area contributed by atoms with Crippen LogP contribution < -0.4 is 5.32 Å². The smallest absolute Gasteiger partial charge is 0.227 e. The highest BCUT2D eigenvalue weighted by molar-refractivity contribution is 5.80. The molecule has 1 aromatic rings. The van der Waals surface area contributed by atoms with Gasteiger partial charge in [-0.05, 0) is 25.5 Å². The van der Waals surface area contributed by atoms with E-state index >= 15 is 0 Å². The zero-order valence-electron chi connectivity index (χ0n) is 11.8. The van der Waals surface area contributed by atoms with E-state index in [9.17, 15) is 9.90 Å². The number of phenolic OH excluding ortho intramolecular Hbond substituents is 1. The molecule has 0 bridgehead atoms. The summed E-state index contributed by atoms with van der Waals surface area (Å²) in [6, 6.07) is 7.06. The second-order valence-corrected chi connectivity index (χ2v) is 5.43. The van der Waals surface area contributed by atoms with Crippen LogP contribution in [0.1, 0.15) is 25.5 Å². The Morgan fingerprint density at radius 3 is 2.68 bits per heavy atom. The molecule has 4 nitrogen and oxygen atoms in total. The Kier molecular flexibility index (Phi) is 4.10. The van der Waals surface area contributed by atoms with E-state index in [4.69, 9.17) is 0 Å². The van der Waals surface area contributed by atoms with Crippen LogP contribution in [-0.4, -0.2) is 36.1 Å². The highest BCUT2D eigenvalue weighted by Gasteiger charge is 2.33. The number of rotatable bonds is 3. The predicted molar refractivity (Wildman–Crippen MR) is 74.8 cm³/mol. The fourth-order valence-corrected chi connectivity index (χ4v) is 2.64. The molecule has 1 saturated heterocycles. The van der Waals surface area contributed by atoms with Crippen molar-refractivity contribution in [2.24, 2.45) is 11.8 Å². The zero-order valence-corrected chi connectivity index (χ0v) is 11.8. The Morgan fingerprint density at radius 2 is 2.11 bits per heavy atom. The van der Waals surface area contributed by atoms with E-state index in [-0.39, 0.29) is 23.6 Å². The van der Waals surface area contributed by atoms with Crippen molar-refractivity contribution >= 4 is 5.91 Å². The molecule has 104 valence electrons. The second-order valence-electron chi connectivity index (χ2n) is 5.43. The molecule has 0 saturated carbocycles. The second kappa shape index (κ2) is 5.61. The molecule has 1 aromatic carbocycles. The molecular weight excluding hydrogens is 240 g/mol. The minimum Gasteiger partial charge on any atom is -0.508 e. The topological polar surface area (TPSA) is 52.6 Å². The Morgan fingerprint density at radius 1 is 1.42 bits per heavy atom. The minimum atomic E-state index is -0.124. The summed E-state index contributed by atoms with van der Waals surface area (Å²) in [5.74, 6) is 0.797. The van der Waals surface area contributed by atoms with Gasteiger partial charge in [-0.1, -0.05) is 25.1 Å². The van der Waals surface area contributed by atoms with E-state index in [1.165, 1.54) is 0 Å². The Balaban J connectivity index is 2.13. The molecule has 4 heteroatoms. The molecule has 1 amide bonds.